The summed E-state index contributed by atoms with van der Waals surface area (Å²) < 4.78 is 13.6. The van der Waals surface area contributed by atoms with E-state index in [0.29, 0.717) is 22.5 Å². The van der Waals surface area contributed by atoms with Gasteiger partial charge in [0.1, 0.15) is 5.82 Å². The average molecular weight is 362 g/mol. The van der Waals surface area contributed by atoms with Crippen LogP contribution in [-0.4, -0.2) is 12.5 Å². The van der Waals surface area contributed by atoms with Crippen molar-refractivity contribution in [3.8, 4) is 0 Å². The van der Waals surface area contributed by atoms with Crippen molar-refractivity contribution in [2.45, 2.75) is 25.2 Å². The van der Waals surface area contributed by atoms with Gasteiger partial charge in [0.15, 0.2) is 0 Å². The molecule has 22 heavy (non-hydrogen) atoms. The molecular weight excluding hydrogens is 345 g/mol. The van der Waals surface area contributed by atoms with Crippen LogP contribution in [0.1, 0.15) is 40.2 Å². The van der Waals surface area contributed by atoms with Crippen LogP contribution in [0.5, 0.6) is 0 Å². The summed E-state index contributed by atoms with van der Waals surface area (Å²) >= 11 is 3.24. The highest BCUT2D eigenvalue weighted by atomic mass is 79.9. The standard InChI is InChI=1S/C18H17BrFNO/c19-17-10-14(20)8-9-16(17)18(22)21-11-13-6-3-5-12-4-1-2-7-15(12)13/h1-2,4,7-10,13H,3,5-6,11H2,(H,21,22). The van der Waals surface area contributed by atoms with Crippen LogP contribution in [0.3, 0.4) is 0 Å². The zero-order valence-corrected chi connectivity index (χ0v) is 13.7. The molecule has 1 N–H and O–H groups in total. The van der Waals surface area contributed by atoms with Crippen molar-refractivity contribution in [2.24, 2.45) is 0 Å². The van der Waals surface area contributed by atoms with Crippen LogP contribution >= 0.6 is 15.9 Å². The van der Waals surface area contributed by atoms with E-state index in [2.05, 4.69) is 45.5 Å². The van der Waals surface area contributed by atoms with Crippen molar-refractivity contribution < 1.29 is 9.18 Å². The van der Waals surface area contributed by atoms with Gasteiger partial charge in [-0.2, -0.15) is 0 Å². The van der Waals surface area contributed by atoms with E-state index < -0.39 is 0 Å². The lowest BCUT2D eigenvalue weighted by atomic mass is 9.83. The molecule has 1 aliphatic carbocycles. The molecule has 1 amide bonds. The first kappa shape index (κ1) is 15.2. The maximum absolute atomic E-state index is 13.1. The van der Waals surface area contributed by atoms with Gasteiger partial charge in [-0.05, 0) is 64.5 Å². The van der Waals surface area contributed by atoms with Gasteiger partial charge in [-0.1, -0.05) is 24.3 Å². The van der Waals surface area contributed by atoms with Crippen molar-refractivity contribution in [1.82, 2.24) is 5.32 Å². The van der Waals surface area contributed by atoms with Crippen molar-refractivity contribution >= 4 is 21.8 Å². The highest BCUT2D eigenvalue weighted by Crippen LogP contribution is 2.31. The molecule has 0 spiro atoms. The zero-order valence-electron chi connectivity index (χ0n) is 12.1. The third kappa shape index (κ3) is 3.22. The summed E-state index contributed by atoms with van der Waals surface area (Å²) in [6.07, 6.45) is 3.35. The van der Waals surface area contributed by atoms with Crippen molar-refractivity contribution in [2.75, 3.05) is 6.54 Å². The van der Waals surface area contributed by atoms with E-state index >= 15 is 0 Å². The van der Waals surface area contributed by atoms with E-state index in [0.717, 1.165) is 19.3 Å². The van der Waals surface area contributed by atoms with Gasteiger partial charge in [0.2, 0.25) is 0 Å². The minimum Gasteiger partial charge on any atom is -0.351 e. The van der Waals surface area contributed by atoms with Crippen LogP contribution in [0.4, 0.5) is 4.39 Å². The summed E-state index contributed by atoms with van der Waals surface area (Å²) in [5, 5.41) is 2.98. The number of nitrogens with one attached hydrogen (secondary N) is 1. The highest BCUT2D eigenvalue weighted by Gasteiger charge is 2.20. The summed E-state index contributed by atoms with van der Waals surface area (Å²) in [7, 11) is 0. The van der Waals surface area contributed by atoms with Crippen molar-refractivity contribution in [3.05, 3.63) is 69.4 Å². The number of fused-ring (bicyclic) bond motifs is 1. The fourth-order valence-corrected chi connectivity index (χ4v) is 3.58. The molecule has 1 unspecified atom stereocenters. The maximum atomic E-state index is 13.1. The van der Waals surface area contributed by atoms with E-state index in [9.17, 15) is 9.18 Å². The fraction of sp³-hybridized carbons (Fsp3) is 0.278. The first-order valence-corrected chi connectivity index (χ1v) is 8.25. The molecule has 0 fully saturated rings. The second-order valence-electron chi connectivity index (χ2n) is 5.62. The molecule has 0 radical (unpaired) electrons. The molecule has 2 aromatic carbocycles. The number of hydrogen-bond donors (Lipinski definition) is 1. The molecule has 0 saturated carbocycles. The van der Waals surface area contributed by atoms with Gasteiger partial charge in [0, 0.05) is 16.9 Å². The molecule has 0 aromatic heterocycles. The van der Waals surface area contributed by atoms with E-state index in [1.807, 2.05) is 0 Å². The van der Waals surface area contributed by atoms with Crippen LogP contribution in [0.25, 0.3) is 0 Å². The Labute approximate surface area is 137 Å². The summed E-state index contributed by atoms with van der Waals surface area (Å²) in [4.78, 5) is 12.3. The van der Waals surface area contributed by atoms with E-state index in [-0.39, 0.29) is 11.7 Å². The molecule has 0 saturated heterocycles. The zero-order chi connectivity index (χ0) is 15.5. The molecule has 114 valence electrons. The van der Waals surface area contributed by atoms with Crippen LogP contribution in [0.2, 0.25) is 0 Å². The molecule has 1 atom stereocenters. The summed E-state index contributed by atoms with van der Waals surface area (Å²) in [5.41, 5.74) is 3.19. The van der Waals surface area contributed by atoms with Gasteiger partial charge in [-0.3, -0.25) is 4.79 Å². The van der Waals surface area contributed by atoms with Crippen LogP contribution in [0, 0.1) is 5.82 Å². The number of carbonyl (C=O) groups excluding carboxylic acids is 1. The molecule has 4 heteroatoms. The Morgan fingerprint density at radius 3 is 2.91 bits per heavy atom. The number of halogens is 2. The van der Waals surface area contributed by atoms with Gasteiger partial charge in [0.05, 0.1) is 5.56 Å². The second kappa shape index (κ2) is 6.61. The lowest BCUT2D eigenvalue weighted by Crippen LogP contribution is -2.30. The van der Waals surface area contributed by atoms with Gasteiger partial charge in [0.25, 0.3) is 5.91 Å². The number of rotatable bonds is 3. The second-order valence-corrected chi connectivity index (χ2v) is 6.48. The molecule has 2 aromatic rings. The SMILES string of the molecule is O=C(NCC1CCCc2ccccc21)c1ccc(F)cc1Br. The Bertz CT molecular complexity index is 701. The minimum absolute atomic E-state index is 0.171. The molecule has 1 aliphatic rings. The number of aryl methyl sites for hydroxylation is 1. The first-order valence-electron chi connectivity index (χ1n) is 7.46. The number of amides is 1. The van der Waals surface area contributed by atoms with Gasteiger partial charge >= 0.3 is 0 Å². The lowest BCUT2D eigenvalue weighted by molar-refractivity contribution is 0.0949. The Kier molecular flexibility index (Phi) is 4.57. The maximum Gasteiger partial charge on any atom is 0.252 e. The predicted octanol–water partition coefficient (Wildman–Crippen LogP) is 4.44. The topological polar surface area (TPSA) is 29.1 Å². The normalized spacial score (nSPS) is 16.9. The number of carbonyl (C=O) groups is 1. The molecule has 0 aliphatic heterocycles. The summed E-state index contributed by atoms with van der Waals surface area (Å²) in [5.74, 6) is -0.173. The highest BCUT2D eigenvalue weighted by molar-refractivity contribution is 9.10. The predicted molar refractivity (Wildman–Crippen MR) is 88.6 cm³/mol. The first-order chi connectivity index (χ1) is 10.6. The van der Waals surface area contributed by atoms with E-state index in [1.165, 1.54) is 29.3 Å². The lowest BCUT2D eigenvalue weighted by Gasteiger charge is -2.25. The largest absolute Gasteiger partial charge is 0.351 e. The third-order valence-corrected chi connectivity index (χ3v) is 4.83. The Morgan fingerprint density at radius 2 is 2.09 bits per heavy atom. The third-order valence-electron chi connectivity index (χ3n) is 4.18. The molecule has 0 heterocycles. The molecule has 3 rings (SSSR count). The smallest absolute Gasteiger partial charge is 0.252 e. The Morgan fingerprint density at radius 1 is 1.27 bits per heavy atom. The summed E-state index contributed by atoms with van der Waals surface area (Å²) in [6.45, 7) is 0.611. The van der Waals surface area contributed by atoms with E-state index in [4.69, 9.17) is 0 Å². The van der Waals surface area contributed by atoms with Gasteiger partial charge in [-0.15, -0.1) is 0 Å². The molecular formula is C18H17BrFNO. The molecule has 2 nitrogen and oxygen atoms in total. The van der Waals surface area contributed by atoms with Crippen LogP contribution in [0.15, 0.2) is 46.9 Å². The monoisotopic (exact) mass is 361 g/mol. The van der Waals surface area contributed by atoms with Crippen LogP contribution < -0.4 is 5.32 Å². The number of hydrogen-bond acceptors (Lipinski definition) is 1. The minimum atomic E-state index is -0.357. The van der Waals surface area contributed by atoms with Crippen molar-refractivity contribution in [1.29, 1.82) is 0 Å². The Hall–Kier alpha value is -1.68. The quantitative estimate of drug-likeness (QED) is 0.860. The fourth-order valence-electron chi connectivity index (χ4n) is 3.05. The van der Waals surface area contributed by atoms with Crippen LogP contribution in [-0.2, 0) is 6.42 Å². The van der Waals surface area contributed by atoms with Gasteiger partial charge < -0.3 is 5.32 Å². The van der Waals surface area contributed by atoms with Crippen molar-refractivity contribution in [3.63, 3.8) is 0 Å². The number of benzene rings is 2. The van der Waals surface area contributed by atoms with E-state index in [1.54, 1.807) is 0 Å². The summed E-state index contributed by atoms with van der Waals surface area (Å²) in [6, 6.07) is 12.5. The Balaban J connectivity index is 1.69. The van der Waals surface area contributed by atoms with Gasteiger partial charge in [-0.25, -0.2) is 4.39 Å². The molecule has 0 bridgehead atoms. The average Bonchev–Trinajstić information content (AvgIpc) is 2.52.